The molecule has 8 nitrogen and oxygen atoms in total. The minimum Gasteiger partial charge on any atom is -0.457 e. The Morgan fingerprint density at radius 3 is 2.91 bits per heavy atom. The van der Waals surface area contributed by atoms with E-state index in [1.54, 1.807) is 29.2 Å². The van der Waals surface area contributed by atoms with Gasteiger partial charge < -0.3 is 15.2 Å². The first-order chi connectivity index (χ1) is 15.5. The summed E-state index contributed by atoms with van der Waals surface area (Å²) in [6.45, 7) is 3.08. The standard InChI is InChI=1S/C24H23N5O3/c1-14-18(5-6-19-20(14)13-32-24(19)31)21(30)11-26-9-15-2-7-22(27-10-15)29-12-17(8-25)23(28-29)16-3-4-16/h2,5-7,10,12,16,21,26,30H,3-4,9,11,13H2,1H3. The number of aliphatic hydroxyl groups excluding tert-OH is 1. The number of fused-ring (bicyclic) bond motifs is 1. The van der Waals surface area contributed by atoms with Crippen LogP contribution in [0.5, 0.6) is 0 Å². The monoisotopic (exact) mass is 429 g/mol. The Morgan fingerprint density at radius 1 is 1.34 bits per heavy atom. The zero-order chi connectivity index (χ0) is 22.2. The summed E-state index contributed by atoms with van der Waals surface area (Å²) in [5, 5.41) is 27.8. The molecule has 1 aliphatic heterocycles. The van der Waals surface area contributed by atoms with Crippen molar-refractivity contribution in [1.29, 1.82) is 5.26 Å². The van der Waals surface area contributed by atoms with Gasteiger partial charge in [-0.2, -0.15) is 10.4 Å². The first kappa shape index (κ1) is 20.4. The minimum atomic E-state index is -0.697. The first-order valence-electron chi connectivity index (χ1n) is 10.7. The van der Waals surface area contributed by atoms with E-state index in [4.69, 9.17) is 4.74 Å². The third-order valence-electron chi connectivity index (χ3n) is 6.10. The fraction of sp³-hybridized carbons (Fsp3) is 0.333. The van der Waals surface area contributed by atoms with Crippen molar-refractivity contribution in [1.82, 2.24) is 20.1 Å². The summed E-state index contributed by atoms with van der Waals surface area (Å²) in [6, 6.07) is 9.56. The predicted molar refractivity (Wildman–Crippen MR) is 115 cm³/mol. The summed E-state index contributed by atoms with van der Waals surface area (Å²) in [6.07, 6.45) is 4.99. The molecule has 32 heavy (non-hydrogen) atoms. The largest absolute Gasteiger partial charge is 0.457 e. The number of benzene rings is 1. The lowest BCUT2D eigenvalue weighted by atomic mass is 9.95. The van der Waals surface area contributed by atoms with Crippen molar-refractivity contribution in [2.45, 2.75) is 44.9 Å². The molecule has 1 atom stereocenters. The predicted octanol–water partition coefficient (Wildman–Crippen LogP) is 2.82. The quantitative estimate of drug-likeness (QED) is 0.555. The molecule has 2 aliphatic rings. The molecule has 2 N–H and O–H groups in total. The van der Waals surface area contributed by atoms with Gasteiger partial charge in [-0.1, -0.05) is 12.1 Å². The van der Waals surface area contributed by atoms with Crippen LogP contribution in [0.15, 0.2) is 36.7 Å². The van der Waals surface area contributed by atoms with Crippen LogP contribution in [0.3, 0.4) is 0 Å². The van der Waals surface area contributed by atoms with Crippen LogP contribution in [0.25, 0.3) is 5.82 Å². The summed E-state index contributed by atoms with van der Waals surface area (Å²) in [5.41, 5.74) is 5.59. The smallest absolute Gasteiger partial charge is 0.338 e. The van der Waals surface area contributed by atoms with Crippen molar-refractivity contribution in [2.75, 3.05) is 6.54 Å². The molecular weight excluding hydrogens is 406 g/mol. The van der Waals surface area contributed by atoms with E-state index in [1.807, 2.05) is 19.1 Å². The van der Waals surface area contributed by atoms with Crippen LogP contribution in [0.2, 0.25) is 0 Å². The zero-order valence-corrected chi connectivity index (χ0v) is 17.7. The van der Waals surface area contributed by atoms with Gasteiger partial charge in [-0.15, -0.1) is 0 Å². The lowest BCUT2D eigenvalue weighted by molar-refractivity contribution is 0.0535. The summed E-state index contributed by atoms with van der Waals surface area (Å²) >= 11 is 0. The Bertz CT molecular complexity index is 1220. The minimum absolute atomic E-state index is 0.264. The van der Waals surface area contributed by atoms with Crippen molar-refractivity contribution in [3.8, 4) is 11.9 Å². The van der Waals surface area contributed by atoms with Crippen LogP contribution < -0.4 is 5.32 Å². The lowest BCUT2D eigenvalue weighted by Gasteiger charge is -2.16. The van der Waals surface area contributed by atoms with E-state index in [9.17, 15) is 15.2 Å². The van der Waals surface area contributed by atoms with E-state index in [0.29, 0.717) is 36.0 Å². The molecule has 3 heterocycles. The highest BCUT2D eigenvalue weighted by molar-refractivity contribution is 5.93. The van der Waals surface area contributed by atoms with Crippen molar-refractivity contribution in [2.24, 2.45) is 0 Å². The summed E-state index contributed by atoms with van der Waals surface area (Å²) < 4.78 is 6.75. The highest BCUT2D eigenvalue weighted by Gasteiger charge is 2.29. The number of esters is 1. The van der Waals surface area contributed by atoms with Gasteiger partial charge in [-0.25, -0.2) is 14.5 Å². The van der Waals surface area contributed by atoms with Crippen LogP contribution in [-0.4, -0.2) is 32.4 Å². The number of aliphatic hydroxyl groups is 1. The SMILES string of the molecule is Cc1c(C(O)CNCc2ccc(-n3cc(C#N)c(C4CC4)n3)nc2)ccc2c1COC2=O. The molecule has 1 saturated carbocycles. The van der Waals surface area contributed by atoms with Crippen LogP contribution >= 0.6 is 0 Å². The number of ether oxygens (including phenoxy) is 1. The maximum atomic E-state index is 11.7. The van der Waals surface area contributed by atoms with E-state index in [1.165, 1.54) is 0 Å². The maximum absolute atomic E-state index is 11.7. The number of rotatable bonds is 7. The highest BCUT2D eigenvalue weighted by atomic mass is 16.5. The summed E-state index contributed by atoms with van der Waals surface area (Å²) in [4.78, 5) is 16.2. The van der Waals surface area contributed by atoms with Crippen molar-refractivity contribution >= 4 is 5.97 Å². The van der Waals surface area contributed by atoms with Gasteiger partial charge in [-0.3, -0.25) is 0 Å². The van der Waals surface area contributed by atoms with Gasteiger partial charge in [0.1, 0.15) is 12.7 Å². The van der Waals surface area contributed by atoms with E-state index < -0.39 is 6.10 Å². The zero-order valence-electron chi connectivity index (χ0n) is 17.7. The third-order valence-corrected chi connectivity index (χ3v) is 6.10. The average Bonchev–Trinajstić information content (AvgIpc) is 3.44. The molecular formula is C24H23N5O3. The fourth-order valence-electron chi connectivity index (χ4n) is 4.10. The Labute approximate surface area is 185 Å². The van der Waals surface area contributed by atoms with Crippen molar-refractivity contribution < 1.29 is 14.6 Å². The number of pyridine rings is 1. The van der Waals surface area contributed by atoms with Gasteiger partial charge in [0, 0.05) is 30.8 Å². The van der Waals surface area contributed by atoms with E-state index >= 15 is 0 Å². The second-order valence-electron chi connectivity index (χ2n) is 8.31. The highest BCUT2D eigenvalue weighted by Crippen LogP contribution is 2.40. The average molecular weight is 429 g/mol. The molecule has 0 bridgehead atoms. The number of nitrogens with zero attached hydrogens (tertiary/aromatic N) is 4. The molecule has 1 aromatic carbocycles. The Hall–Kier alpha value is -3.54. The Kier molecular flexibility index (Phi) is 5.21. The van der Waals surface area contributed by atoms with Crippen LogP contribution in [-0.2, 0) is 17.9 Å². The molecule has 0 amide bonds. The van der Waals surface area contributed by atoms with Crippen LogP contribution in [0.4, 0.5) is 0 Å². The van der Waals surface area contributed by atoms with Gasteiger partial charge in [0.25, 0.3) is 0 Å². The second kappa shape index (κ2) is 8.19. The molecule has 0 spiro atoms. The molecule has 2 aromatic heterocycles. The molecule has 5 rings (SSSR count). The third kappa shape index (κ3) is 3.77. The molecule has 8 heteroatoms. The second-order valence-corrected chi connectivity index (χ2v) is 8.31. The molecule has 0 radical (unpaired) electrons. The van der Waals surface area contributed by atoms with E-state index in [0.717, 1.165) is 40.8 Å². The maximum Gasteiger partial charge on any atom is 0.338 e. The Morgan fingerprint density at radius 2 is 2.19 bits per heavy atom. The van der Waals surface area contributed by atoms with Gasteiger partial charge in [-0.05, 0) is 48.6 Å². The number of carbonyl (C=O) groups excluding carboxylic acids is 1. The van der Waals surface area contributed by atoms with Crippen molar-refractivity contribution in [3.05, 3.63) is 75.7 Å². The normalized spacial score (nSPS) is 15.8. The number of nitriles is 1. The first-order valence-corrected chi connectivity index (χ1v) is 10.7. The summed E-state index contributed by atoms with van der Waals surface area (Å²) in [5.74, 6) is 0.770. The van der Waals surface area contributed by atoms with E-state index in [2.05, 4.69) is 21.5 Å². The molecule has 1 aliphatic carbocycles. The molecule has 3 aromatic rings. The number of carbonyl (C=O) groups is 1. The number of hydrogen-bond acceptors (Lipinski definition) is 7. The number of nitrogens with one attached hydrogen (secondary N) is 1. The number of cyclic esters (lactones) is 1. The fourth-order valence-corrected chi connectivity index (χ4v) is 4.10. The van der Waals surface area contributed by atoms with Crippen molar-refractivity contribution in [3.63, 3.8) is 0 Å². The topological polar surface area (TPSA) is 113 Å². The summed E-state index contributed by atoms with van der Waals surface area (Å²) in [7, 11) is 0. The Balaban J connectivity index is 1.20. The van der Waals surface area contributed by atoms with Crippen LogP contribution in [0.1, 0.15) is 68.7 Å². The molecule has 1 unspecified atom stereocenters. The van der Waals surface area contributed by atoms with Gasteiger partial charge in [0.2, 0.25) is 0 Å². The van der Waals surface area contributed by atoms with Gasteiger partial charge in [0.05, 0.1) is 29.1 Å². The number of hydrogen-bond donors (Lipinski definition) is 2. The lowest BCUT2D eigenvalue weighted by Crippen LogP contribution is -2.22. The molecule has 0 saturated heterocycles. The van der Waals surface area contributed by atoms with Gasteiger partial charge in [0.15, 0.2) is 5.82 Å². The van der Waals surface area contributed by atoms with Crippen LogP contribution in [0, 0.1) is 18.3 Å². The molecule has 162 valence electrons. The van der Waals surface area contributed by atoms with E-state index in [-0.39, 0.29) is 12.6 Å². The number of aromatic nitrogens is 3. The molecule has 1 fully saturated rings. The van der Waals surface area contributed by atoms with Gasteiger partial charge >= 0.3 is 5.97 Å².